The smallest absolute Gasteiger partial charge is 0.399 e. The second kappa shape index (κ2) is 27.3. The van der Waals surface area contributed by atoms with E-state index in [1.165, 1.54) is 184 Å². The van der Waals surface area contributed by atoms with Gasteiger partial charge in [-0.2, -0.15) is 0 Å². The van der Waals surface area contributed by atoms with Crippen LogP contribution in [0.25, 0.3) is 161 Å². The SMILES string of the molecule is CC1(C)OB(c2c3ccccc3c(-c3ccc4ccccc4c3)c3ccccc23)OC1(C)C.Cc1ccc(-c2sc3cc(-c4c5ccccc5c(-c5ccc6ccccc6c5)c5ccccc45)ccc3c2-c2ccc(C)cc2)cc1.Cc1ccc(-c2sc3cc(Br)ccc3c2-c2ccc(C)cc2)cc1. The predicted molar refractivity (Wildman–Crippen MR) is 456 cm³/mol. The summed E-state index contributed by atoms with van der Waals surface area (Å²) in [6, 6.07) is 115. The lowest BCUT2D eigenvalue weighted by Crippen LogP contribution is -2.41. The average Bonchev–Trinajstić information content (AvgIpc) is 1.09. The summed E-state index contributed by atoms with van der Waals surface area (Å²) in [6.07, 6.45) is 0. The van der Waals surface area contributed by atoms with Crippen LogP contribution < -0.4 is 5.46 Å². The van der Waals surface area contributed by atoms with Crippen LogP contribution in [-0.4, -0.2) is 18.3 Å². The standard InChI is InChI=1S/C46H32S.C30H27BO2.C22H17BrS/c1-29-15-19-32(20-16-29)45-41-26-25-36(28-42(41)47-46(45)33-21-17-30(2)18-22-33)44-39-13-7-5-11-37(39)43(38-12-6-8-14-40(38)44)35-24-23-31-9-3-4-10-34(31)27-35;1-29(2)30(3,4)33-31(32-29)28-25-15-9-7-13-23(25)27(24-14-8-10-16-26(24)28)22-18-17-20-11-5-6-12-21(20)19-22;1-14-3-7-16(8-4-14)21-19-12-11-18(23)13-20(19)24-22(21)17-9-5-15(2)6-10-17/h3-28H,1-2H3;5-19H,1-4H3;3-13H,1-2H3. The highest BCUT2D eigenvalue weighted by molar-refractivity contribution is 9.10. The molecule has 0 radical (unpaired) electrons. The molecule has 0 unspecified atom stereocenters. The number of halogens is 1. The molecule has 104 heavy (non-hydrogen) atoms. The first kappa shape index (κ1) is 66.7. The predicted octanol–water partition coefficient (Wildman–Crippen LogP) is 28.4. The Labute approximate surface area is 625 Å². The molecule has 2 aromatic heterocycles. The summed E-state index contributed by atoms with van der Waals surface area (Å²) in [5, 5.41) is 17.6. The van der Waals surface area contributed by atoms with Crippen molar-refractivity contribution in [2.45, 2.75) is 66.6 Å². The molecule has 1 fully saturated rings. The van der Waals surface area contributed by atoms with Crippen LogP contribution in [0, 0.1) is 27.7 Å². The maximum absolute atomic E-state index is 6.55. The maximum Gasteiger partial charge on any atom is 0.496 e. The number of hydrogen-bond donors (Lipinski definition) is 0. The van der Waals surface area contributed by atoms with Gasteiger partial charge < -0.3 is 9.31 Å². The molecule has 16 aromatic carbocycles. The van der Waals surface area contributed by atoms with Gasteiger partial charge in [0.25, 0.3) is 0 Å². The molecule has 1 saturated heterocycles. The van der Waals surface area contributed by atoms with Gasteiger partial charge in [-0.1, -0.05) is 323 Å². The molecule has 18 aromatic rings. The van der Waals surface area contributed by atoms with Crippen molar-refractivity contribution >= 4 is 136 Å². The van der Waals surface area contributed by atoms with E-state index < -0.39 is 18.3 Å². The van der Waals surface area contributed by atoms with Gasteiger partial charge >= 0.3 is 7.12 Å². The first-order valence-electron chi connectivity index (χ1n) is 35.9. The summed E-state index contributed by atoms with van der Waals surface area (Å²) >= 11 is 7.37. The lowest BCUT2D eigenvalue weighted by Gasteiger charge is -2.32. The zero-order valence-electron chi connectivity index (χ0n) is 59.6. The van der Waals surface area contributed by atoms with Crippen LogP contribution in [-0.2, 0) is 9.31 Å². The Morgan fingerprint density at radius 1 is 0.260 bits per heavy atom. The number of thiophene rings is 2. The van der Waals surface area contributed by atoms with Crippen molar-refractivity contribution in [2.75, 3.05) is 0 Å². The Hall–Kier alpha value is -10.5. The summed E-state index contributed by atoms with van der Waals surface area (Å²) in [5.41, 5.74) is 20.8. The summed E-state index contributed by atoms with van der Waals surface area (Å²) in [6.45, 7) is 17.0. The van der Waals surface area contributed by atoms with Crippen LogP contribution in [0.4, 0.5) is 0 Å². The third-order valence-electron chi connectivity index (χ3n) is 21.4. The number of rotatable bonds is 8. The zero-order valence-corrected chi connectivity index (χ0v) is 62.8. The summed E-state index contributed by atoms with van der Waals surface area (Å²) < 4.78 is 16.8. The highest BCUT2D eigenvalue weighted by Gasteiger charge is 2.52. The van der Waals surface area contributed by atoms with E-state index in [0.29, 0.717) is 0 Å². The van der Waals surface area contributed by atoms with Crippen LogP contribution in [0.2, 0.25) is 0 Å². The van der Waals surface area contributed by atoms with Gasteiger partial charge in [0.05, 0.1) is 11.2 Å². The lowest BCUT2D eigenvalue weighted by atomic mass is 9.71. The molecule has 502 valence electrons. The Kier molecular flexibility index (Phi) is 17.5. The van der Waals surface area contributed by atoms with Crippen molar-refractivity contribution in [2.24, 2.45) is 0 Å². The molecule has 0 amide bonds. The number of fused-ring (bicyclic) bond motifs is 8. The first-order valence-corrected chi connectivity index (χ1v) is 38.3. The fourth-order valence-corrected chi connectivity index (χ4v) is 18.3. The van der Waals surface area contributed by atoms with Gasteiger partial charge in [0.15, 0.2) is 0 Å². The summed E-state index contributed by atoms with van der Waals surface area (Å²) in [5.74, 6) is 0. The molecular weight excluding hydrogens is 1360 g/mol. The van der Waals surface area contributed by atoms with Gasteiger partial charge in [-0.25, -0.2) is 0 Å². The second-order valence-corrected chi connectivity index (χ2v) is 31.9. The van der Waals surface area contributed by atoms with Gasteiger partial charge in [0.1, 0.15) is 0 Å². The minimum absolute atomic E-state index is 0.392. The number of benzene rings is 16. The number of hydrogen-bond acceptors (Lipinski definition) is 4. The Morgan fingerprint density at radius 3 is 0.933 bits per heavy atom. The van der Waals surface area contributed by atoms with E-state index in [2.05, 4.69) is 387 Å². The monoisotopic (exact) mass is 1440 g/mol. The Morgan fingerprint density at radius 2 is 0.548 bits per heavy atom. The Bertz CT molecular complexity index is 6210. The molecule has 0 N–H and O–H groups in total. The molecule has 0 saturated carbocycles. The molecule has 0 bridgehead atoms. The third kappa shape index (κ3) is 12.3. The molecule has 0 aliphatic carbocycles. The fraction of sp³-hybridized carbons (Fsp3) is 0.102. The van der Waals surface area contributed by atoms with Gasteiger partial charge in [-0.3, -0.25) is 0 Å². The molecule has 3 heterocycles. The average molecular weight is 1440 g/mol. The van der Waals surface area contributed by atoms with Crippen molar-refractivity contribution in [3.63, 3.8) is 0 Å². The van der Waals surface area contributed by atoms with Crippen molar-refractivity contribution in [1.29, 1.82) is 0 Å². The van der Waals surface area contributed by atoms with E-state index in [0.717, 1.165) is 9.94 Å². The van der Waals surface area contributed by atoms with Crippen LogP contribution in [0.15, 0.2) is 320 Å². The lowest BCUT2D eigenvalue weighted by molar-refractivity contribution is 0.00578. The Balaban J connectivity index is 0.000000123. The molecule has 1 aliphatic heterocycles. The highest BCUT2D eigenvalue weighted by Crippen LogP contribution is 2.51. The third-order valence-corrected chi connectivity index (χ3v) is 24.3. The second-order valence-electron chi connectivity index (χ2n) is 28.9. The summed E-state index contributed by atoms with van der Waals surface area (Å²) in [7, 11) is -0.421. The van der Waals surface area contributed by atoms with Crippen LogP contribution in [0.5, 0.6) is 0 Å². The minimum Gasteiger partial charge on any atom is -0.399 e. The largest absolute Gasteiger partial charge is 0.496 e. The van der Waals surface area contributed by atoms with Crippen molar-refractivity contribution in [1.82, 2.24) is 0 Å². The summed E-state index contributed by atoms with van der Waals surface area (Å²) in [4.78, 5) is 2.66. The highest BCUT2D eigenvalue weighted by atomic mass is 79.9. The molecular formula is C98H76BBrO2S2. The minimum atomic E-state index is -0.421. The topological polar surface area (TPSA) is 18.5 Å². The van der Waals surface area contributed by atoms with E-state index in [4.69, 9.17) is 9.31 Å². The molecule has 0 atom stereocenters. The molecule has 1 aliphatic rings. The van der Waals surface area contributed by atoms with Crippen molar-refractivity contribution in [3.8, 4) is 76.5 Å². The molecule has 2 nitrogen and oxygen atoms in total. The van der Waals surface area contributed by atoms with Gasteiger partial charge in [-0.05, 0) is 211 Å². The number of aryl methyl sites for hydroxylation is 4. The van der Waals surface area contributed by atoms with Crippen LogP contribution >= 0.6 is 38.6 Å². The van der Waals surface area contributed by atoms with E-state index >= 15 is 0 Å². The van der Waals surface area contributed by atoms with Gasteiger partial charge in [0.2, 0.25) is 0 Å². The van der Waals surface area contributed by atoms with Crippen LogP contribution in [0.1, 0.15) is 49.9 Å². The van der Waals surface area contributed by atoms with Crippen molar-refractivity contribution in [3.05, 3.63) is 342 Å². The zero-order chi connectivity index (χ0) is 71.0. The quantitative estimate of drug-likeness (QED) is 0.112. The fourth-order valence-electron chi connectivity index (χ4n) is 15.3. The van der Waals surface area contributed by atoms with E-state index in [-0.39, 0.29) is 0 Å². The molecule has 19 rings (SSSR count). The van der Waals surface area contributed by atoms with E-state index in [1.54, 1.807) is 0 Å². The van der Waals surface area contributed by atoms with Crippen LogP contribution in [0.3, 0.4) is 0 Å². The maximum atomic E-state index is 6.55. The molecule has 6 heteroatoms. The first-order chi connectivity index (χ1) is 50.6. The van der Waals surface area contributed by atoms with Gasteiger partial charge in [0, 0.05) is 45.5 Å². The van der Waals surface area contributed by atoms with E-state index in [9.17, 15) is 0 Å². The van der Waals surface area contributed by atoms with Crippen molar-refractivity contribution < 1.29 is 9.31 Å². The van der Waals surface area contributed by atoms with Gasteiger partial charge in [-0.15, -0.1) is 22.7 Å². The molecule has 0 spiro atoms. The van der Waals surface area contributed by atoms with E-state index in [1.807, 2.05) is 22.7 Å². The normalized spacial score (nSPS) is 13.3.